The molecule has 3 aromatic rings. The maximum Gasteiger partial charge on any atom is 0.209 e. The maximum absolute atomic E-state index is 12.3. The molecule has 1 aliphatic carbocycles. The topological polar surface area (TPSA) is 54.4 Å². The van der Waals surface area contributed by atoms with Crippen molar-refractivity contribution in [3.8, 4) is 0 Å². The molecule has 2 aromatic carbocycles. The number of Topliss-reactive ketones (excluding diaryl/α,β-unsaturated/α-hetero) is 1. The molecule has 108 valence electrons. The van der Waals surface area contributed by atoms with Crippen LogP contribution in [0.3, 0.4) is 0 Å². The fraction of sp³-hybridized carbons (Fsp3) is 0.118. The lowest BCUT2D eigenvalue weighted by atomic mass is 10.1. The summed E-state index contributed by atoms with van der Waals surface area (Å²) < 4.78 is 1.10. The Bertz CT molecular complexity index is 894. The van der Waals surface area contributed by atoms with Crippen molar-refractivity contribution in [3.63, 3.8) is 0 Å². The fourth-order valence-electron chi connectivity index (χ4n) is 2.63. The van der Waals surface area contributed by atoms with E-state index in [1.54, 1.807) is 0 Å². The van der Waals surface area contributed by atoms with Gasteiger partial charge < -0.3 is 0 Å². The van der Waals surface area contributed by atoms with Gasteiger partial charge in [-0.15, -0.1) is 0 Å². The van der Waals surface area contributed by atoms with Crippen LogP contribution in [0.5, 0.6) is 0 Å². The van der Waals surface area contributed by atoms with Crippen molar-refractivity contribution in [2.24, 2.45) is 5.10 Å². The molecule has 0 amide bonds. The summed E-state index contributed by atoms with van der Waals surface area (Å²) in [5.74, 6) is 0.00334. The second-order valence-corrected chi connectivity index (χ2v) is 6.35. The third-order valence-corrected chi connectivity index (χ3v) is 4.65. The maximum atomic E-state index is 12.3. The molecule has 4 rings (SSSR count). The number of aryl methyl sites for hydroxylation is 1. The fourth-order valence-corrected chi connectivity index (χ4v) is 3.44. The van der Waals surface area contributed by atoms with Gasteiger partial charge in [-0.2, -0.15) is 5.10 Å². The van der Waals surface area contributed by atoms with Crippen LogP contribution in [0.2, 0.25) is 0 Å². The average molecular weight is 307 g/mol. The SMILES string of the molecule is Cc1ccc2c(c1)C/C(=N/Nc1nc3ccccc3s1)C2=O. The lowest BCUT2D eigenvalue weighted by Crippen LogP contribution is -2.10. The molecular formula is C17H13N3OS. The Morgan fingerprint density at radius 1 is 1.23 bits per heavy atom. The molecule has 0 saturated heterocycles. The minimum atomic E-state index is 0.00334. The van der Waals surface area contributed by atoms with Gasteiger partial charge in [-0.05, 0) is 24.6 Å². The number of ketones is 1. The zero-order valence-electron chi connectivity index (χ0n) is 12.0. The van der Waals surface area contributed by atoms with E-state index in [9.17, 15) is 4.79 Å². The van der Waals surface area contributed by atoms with Crippen LogP contribution < -0.4 is 5.43 Å². The van der Waals surface area contributed by atoms with Crippen molar-refractivity contribution in [1.29, 1.82) is 0 Å². The van der Waals surface area contributed by atoms with E-state index in [-0.39, 0.29) is 5.78 Å². The first-order valence-electron chi connectivity index (χ1n) is 7.03. The molecule has 0 radical (unpaired) electrons. The number of hydrazone groups is 1. The van der Waals surface area contributed by atoms with Crippen LogP contribution >= 0.6 is 11.3 Å². The Labute approximate surface area is 131 Å². The van der Waals surface area contributed by atoms with E-state index in [0.717, 1.165) is 26.9 Å². The molecule has 0 spiro atoms. The van der Waals surface area contributed by atoms with Crippen LogP contribution in [0.25, 0.3) is 10.2 Å². The Morgan fingerprint density at radius 3 is 2.95 bits per heavy atom. The van der Waals surface area contributed by atoms with Crippen LogP contribution in [0.4, 0.5) is 5.13 Å². The summed E-state index contributed by atoms with van der Waals surface area (Å²) in [6, 6.07) is 13.8. The van der Waals surface area contributed by atoms with Crippen molar-refractivity contribution >= 4 is 38.2 Å². The van der Waals surface area contributed by atoms with Crippen LogP contribution in [0.1, 0.15) is 21.5 Å². The minimum absolute atomic E-state index is 0.00334. The highest BCUT2D eigenvalue weighted by Gasteiger charge is 2.26. The first kappa shape index (κ1) is 13.2. The van der Waals surface area contributed by atoms with Crippen LogP contribution in [0, 0.1) is 6.92 Å². The molecule has 1 aliphatic rings. The Kier molecular flexibility index (Phi) is 3.01. The molecule has 0 atom stereocenters. The summed E-state index contributed by atoms with van der Waals surface area (Å²) in [7, 11) is 0. The number of benzene rings is 2. The predicted octanol–water partition coefficient (Wildman–Crippen LogP) is 3.81. The Balaban J connectivity index is 1.60. The molecule has 0 unspecified atom stereocenters. The first-order valence-corrected chi connectivity index (χ1v) is 7.85. The van der Waals surface area contributed by atoms with Gasteiger partial charge in [0.2, 0.25) is 10.9 Å². The summed E-state index contributed by atoms with van der Waals surface area (Å²) in [6.07, 6.45) is 0.577. The molecule has 1 heterocycles. The summed E-state index contributed by atoms with van der Waals surface area (Å²) in [4.78, 5) is 16.8. The largest absolute Gasteiger partial charge is 0.287 e. The van der Waals surface area contributed by atoms with Gasteiger partial charge in [-0.1, -0.05) is 47.2 Å². The number of hydrogen-bond acceptors (Lipinski definition) is 5. The first-order chi connectivity index (χ1) is 10.7. The van der Waals surface area contributed by atoms with Crippen molar-refractivity contribution in [2.75, 3.05) is 5.43 Å². The third kappa shape index (κ3) is 2.19. The number of para-hydroxylation sites is 1. The zero-order valence-corrected chi connectivity index (χ0v) is 12.8. The Morgan fingerprint density at radius 2 is 2.09 bits per heavy atom. The second-order valence-electron chi connectivity index (χ2n) is 5.32. The number of fused-ring (bicyclic) bond motifs is 2. The van der Waals surface area contributed by atoms with Gasteiger partial charge in [0.05, 0.1) is 10.2 Å². The van der Waals surface area contributed by atoms with Gasteiger partial charge in [0.25, 0.3) is 0 Å². The smallest absolute Gasteiger partial charge is 0.209 e. The van der Waals surface area contributed by atoms with E-state index < -0.39 is 0 Å². The number of nitrogens with one attached hydrogen (secondary N) is 1. The van der Waals surface area contributed by atoms with Gasteiger partial charge in [0.15, 0.2) is 0 Å². The molecule has 22 heavy (non-hydrogen) atoms. The Hall–Kier alpha value is -2.53. The number of thiazole rings is 1. The monoisotopic (exact) mass is 307 g/mol. The standard InChI is InChI=1S/C17H13N3OS/c1-10-6-7-12-11(8-10)9-14(16(12)21)19-20-17-18-13-4-2-3-5-15(13)22-17/h2-8H,9H2,1H3,(H,18,20)/b19-14-. The quantitative estimate of drug-likeness (QED) is 0.732. The summed E-state index contributed by atoms with van der Waals surface area (Å²) in [5, 5.41) is 4.98. The lowest BCUT2D eigenvalue weighted by Gasteiger charge is -1.96. The number of carbonyl (C=O) groups is 1. The van der Waals surface area contributed by atoms with Gasteiger partial charge >= 0.3 is 0 Å². The highest BCUT2D eigenvalue weighted by Crippen LogP contribution is 2.26. The second kappa shape index (κ2) is 5.03. The predicted molar refractivity (Wildman–Crippen MR) is 89.9 cm³/mol. The van der Waals surface area contributed by atoms with E-state index >= 15 is 0 Å². The number of rotatable bonds is 2. The highest BCUT2D eigenvalue weighted by molar-refractivity contribution is 7.22. The van der Waals surface area contributed by atoms with E-state index in [1.165, 1.54) is 11.3 Å². The van der Waals surface area contributed by atoms with Crippen molar-refractivity contribution in [3.05, 3.63) is 59.2 Å². The van der Waals surface area contributed by atoms with Crippen molar-refractivity contribution in [1.82, 2.24) is 4.98 Å². The number of aromatic nitrogens is 1. The minimum Gasteiger partial charge on any atom is -0.287 e. The van der Waals surface area contributed by atoms with Gasteiger partial charge in [-0.25, -0.2) is 4.98 Å². The highest BCUT2D eigenvalue weighted by atomic mass is 32.1. The molecule has 0 saturated carbocycles. The van der Waals surface area contributed by atoms with Crippen LogP contribution in [-0.4, -0.2) is 16.5 Å². The molecule has 1 aromatic heterocycles. The van der Waals surface area contributed by atoms with E-state index in [4.69, 9.17) is 0 Å². The third-order valence-electron chi connectivity index (χ3n) is 3.71. The number of hydrogen-bond donors (Lipinski definition) is 1. The summed E-state index contributed by atoms with van der Waals surface area (Å²) >= 11 is 1.53. The molecular weight excluding hydrogens is 294 g/mol. The van der Waals surface area contributed by atoms with E-state index in [2.05, 4.69) is 15.5 Å². The molecule has 0 aliphatic heterocycles. The van der Waals surface area contributed by atoms with E-state index in [1.807, 2.05) is 49.4 Å². The number of nitrogens with zero attached hydrogens (tertiary/aromatic N) is 2. The van der Waals surface area contributed by atoms with Gasteiger partial charge in [0, 0.05) is 12.0 Å². The van der Waals surface area contributed by atoms with Crippen LogP contribution in [-0.2, 0) is 6.42 Å². The summed E-state index contributed by atoms with van der Waals surface area (Å²) in [5.41, 5.74) is 7.38. The van der Waals surface area contributed by atoms with E-state index in [0.29, 0.717) is 17.3 Å². The molecule has 0 bridgehead atoms. The zero-order chi connectivity index (χ0) is 15.1. The molecule has 1 N–H and O–H groups in total. The summed E-state index contributed by atoms with van der Waals surface area (Å²) in [6.45, 7) is 2.03. The van der Waals surface area contributed by atoms with Gasteiger partial charge in [0.1, 0.15) is 5.71 Å². The number of carbonyl (C=O) groups excluding carboxylic acids is 1. The van der Waals surface area contributed by atoms with Crippen molar-refractivity contribution in [2.45, 2.75) is 13.3 Å². The normalized spacial score (nSPS) is 15.5. The molecule has 4 nitrogen and oxygen atoms in total. The van der Waals surface area contributed by atoms with Gasteiger partial charge in [-0.3, -0.25) is 10.2 Å². The van der Waals surface area contributed by atoms with Crippen molar-refractivity contribution < 1.29 is 4.79 Å². The molecule has 0 fully saturated rings. The lowest BCUT2D eigenvalue weighted by molar-refractivity contribution is 0.106. The molecule has 5 heteroatoms. The van der Waals surface area contributed by atoms with Crippen LogP contribution in [0.15, 0.2) is 47.6 Å². The average Bonchev–Trinajstić information content (AvgIpc) is 3.06. The number of anilines is 1.